The van der Waals surface area contributed by atoms with Gasteiger partial charge in [0.25, 0.3) is 5.60 Å². The van der Waals surface area contributed by atoms with Crippen molar-refractivity contribution in [2.45, 2.75) is 81.7 Å². The van der Waals surface area contributed by atoms with Crippen LogP contribution in [0.5, 0.6) is 0 Å². The van der Waals surface area contributed by atoms with E-state index in [0.29, 0.717) is 0 Å². The largest absolute Gasteiger partial charge is 0.460 e. The number of nitriles is 1. The summed E-state index contributed by atoms with van der Waals surface area (Å²) >= 11 is 0. The van der Waals surface area contributed by atoms with Crippen molar-refractivity contribution in [1.29, 1.82) is 5.26 Å². The fourth-order valence-electron chi connectivity index (χ4n) is 4.46. The number of rotatable bonds is 4. The molecule has 9 heteroatoms. The van der Waals surface area contributed by atoms with E-state index in [2.05, 4.69) is 0 Å². The maximum absolute atomic E-state index is 12.8. The highest BCUT2D eigenvalue weighted by atomic mass is 16.9. The third-order valence-corrected chi connectivity index (χ3v) is 5.82. The summed E-state index contributed by atoms with van der Waals surface area (Å²) < 4.78 is 40.9. The second-order valence-electron chi connectivity index (χ2n) is 9.06. The molecule has 0 spiro atoms. The molecule has 0 saturated carbocycles. The zero-order chi connectivity index (χ0) is 22.0. The molecule has 0 aliphatic carbocycles. The average Bonchev–Trinajstić information content (AvgIpc) is 3.27. The Kier molecular flexibility index (Phi) is 4.68. The van der Waals surface area contributed by atoms with Crippen LogP contribution in [0, 0.1) is 11.3 Å². The Hall–Kier alpha value is -2.06. The molecule has 4 aliphatic heterocycles. The molecule has 7 atom stereocenters. The van der Waals surface area contributed by atoms with E-state index in [9.17, 15) is 10.1 Å². The van der Waals surface area contributed by atoms with Gasteiger partial charge in [0, 0.05) is 0 Å². The Morgan fingerprint density at radius 1 is 0.968 bits per heavy atom. The number of ether oxygens (including phenoxy) is 7. The van der Waals surface area contributed by atoms with Gasteiger partial charge < -0.3 is 33.2 Å². The normalized spacial score (nSPS) is 41.6. The lowest BCUT2D eigenvalue weighted by Crippen LogP contribution is -2.56. The molecule has 0 radical (unpaired) electrons. The van der Waals surface area contributed by atoms with Gasteiger partial charge in [0.2, 0.25) is 0 Å². The second-order valence-corrected chi connectivity index (χ2v) is 9.06. The molecule has 0 N–H and O–H groups in total. The minimum Gasteiger partial charge on any atom is -0.460 e. The van der Waals surface area contributed by atoms with E-state index in [0.717, 1.165) is 5.56 Å². The smallest absolute Gasteiger partial charge is 0.356 e. The van der Waals surface area contributed by atoms with Crippen LogP contribution in [-0.4, -0.2) is 60.5 Å². The zero-order valence-electron chi connectivity index (χ0n) is 17.8. The van der Waals surface area contributed by atoms with Crippen LogP contribution in [-0.2, 0) is 38.0 Å². The Balaban J connectivity index is 1.29. The molecule has 4 heterocycles. The quantitative estimate of drug-likeness (QED) is 0.522. The highest BCUT2D eigenvalue weighted by Gasteiger charge is 2.67. The minimum absolute atomic E-state index is 0.138. The van der Waals surface area contributed by atoms with Crippen molar-refractivity contribution in [1.82, 2.24) is 0 Å². The first-order valence-electron chi connectivity index (χ1n) is 10.3. The molecule has 5 rings (SSSR count). The lowest BCUT2D eigenvalue weighted by molar-refractivity contribution is -0.242. The topological polar surface area (TPSA) is 109 Å². The Labute approximate surface area is 180 Å². The number of epoxide rings is 1. The number of esters is 1. The van der Waals surface area contributed by atoms with Crippen molar-refractivity contribution in [3.05, 3.63) is 35.9 Å². The van der Waals surface area contributed by atoms with Gasteiger partial charge in [0.15, 0.2) is 17.9 Å². The van der Waals surface area contributed by atoms with E-state index in [1.165, 1.54) is 0 Å². The first-order valence-corrected chi connectivity index (χ1v) is 10.3. The Bertz CT molecular complexity index is 912. The van der Waals surface area contributed by atoms with Gasteiger partial charge in [-0.05, 0) is 33.3 Å². The van der Waals surface area contributed by atoms with Crippen LogP contribution in [0.4, 0.5) is 0 Å². The van der Waals surface area contributed by atoms with E-state index in [1.807, 2.05) is 24.3 Å². The number of carbonyl (C=O) groups is 1. The van der Waals surface area contributed by atoms with Crippen molar-refractivity contribution in [2.75, 3.05) is 6.61 Å². The average molecular weight is 431 g/mol. The first-order chi connectivity index (χ1) is 14.6. The SMILES string of the molecule is CC1(C)O[C@H]2[C@@H](O1)[C@@H](COC(=O)[C@]1(C#N)O[C@H]1c1ccccc1)O[C@@H]1OC(C)(C)O[C@@H]12. The molecular weight excluding hydrogens is 406 g/mol. The first kappa shape index (κ1) is 20.8. The van der Waals surface area contributed by atoms with E-state index in [1.54, 1.807) is 39.8 Å². The predicted octanol–water partition coefficient (Wildman–Crippen LogP) is 1.96. The lowest BCUT2D eigenvalue weighted by atomic mass is 9.99. The van der Waals surface area contributed by atoms with Crippen molar-refractivity contribution < 1.29 is 38.0 Å². The van der Waals surface area contributed by atoms with Gasteiger partial charge in [-0.2, -0.15) is 5.26 Å². The molecule has 4 fully saturated rings. The van der Waals surface area contributed by atoms with Crippen LogP contribution in [0.25, 0.3) is 0 Å². The molecule has 4 saturated heterocycles. The van der Waals surface area contributed by atoms with Gasteiger partial charge in [-0.25, -0.2) is 4.79 Å². The summed E-state index contributed by atoms with van der Waals surface area (Å²) in [5, 5.41) is 9.61. The molecule has 0 unspecified atom stereocenters. The molecule has 31 heavy (non-hydrogen) atoms. The van der Waals surface area contributed by atoms with Crippen LogP contribution in [0.3, 0.4) is 0 Å². The number of benzene rings is 1. The van der Waals surface area contributed by atoms with Crippen LogP contribution in [0.2, 0.25) is 0 Å². The molecule has 1 aromatic carbocycles. The highest BCUT2D eigenvalue weighted by Crippen LogP contribution is 2.50. The maximum atomic E-state index is 12.8. The van der Waals surface area contributed by atoms with E-state index >= 15 is 0 Å². The van der Waals surface area contributed by atoms with E-state index < -0.39 is 60.0 Å². The minimum atomic E-state index is -1.65. The summed E-state index contributed by atoms with van der Waals surface area (Å²) in [5.41, 5.74) is -0.912. The number of nitrogens with zero attached hydrogens (tertiary/aromatic N) is 1. The molecule has 9 nitrogen and oxygen atoms in total. The van der Waals surface area contributed by atoms with Crippen molar-refractivity contribution in [2.24, 2.45) is 0 Å². The van der Waals surface area contributed by atoms with Crippen molar-refractivity contribution in [3.63, 3.8) is 0 Å². The standard InChI is InChI=1S/C22H25NO8/c1-20(2)27-14-13(26-18-16(15(14)28-20)29-21(3,4)31-18)10-25-19(24)22(11-23)17(30-22)12-8-6-5-7-9-12/h5-9,13-18H,10H2,1-4H3/t13-,14+,15+,16-,17+,18-,22-/m1/s1. The van der Waals surface area contributed by atoms with Crippen LogP contribution >= 0.6 is 0 Å². The summed E-state index contributed by atoms with van der Waals surface area (Å²) in [6.07, 6.45) is -3.43. The van der Waals surface area contributed by atoms with Gasteiger partial charge in [-0.15, -0.1) is 0 Å². The Morgan fingerprint density at radius 3 is 2.32 bits per heavy atom. The van der Waals surface area contributed by atoms with Gasteiger partial charge in [0.05, 0.1) is 0 Å². The summed E-state index contributed by atoms with van der Waals surface area (Å²) in [6, 6.07) is 11.1. The molecule has 166 valence electrons. The van der Waals surface area contributed by atoms with Gasteiger partial charge in [0.1, 0.15) is 43.2 Å². The predicted molar refractivity (Wildman–Crippen MR) is 102 cm³/mol. The van der Waals surface area contributed by atoms with E-state index in [-0.39, 0.29) is 6.61 Å². The summed E-state index contributed by atoms with van der Waals surface area (Å²) in [5.74, 6) is -2.44. The summed E-state index contributed by atoms with van der Waals surface area (Å²) in [6.45, 7) is 7.06. The van der Waals surface area contributed by atoms with Crippen molar-refractivity contribution in [3.8, 4) is 6.07 Å². The summed E-state index contributed by atoms with van der Waals surface area (Å²) in [4.78, 5) is 12.8. The van der Waals surface area contributed by atoms with Gasteiger partial charge >= 0.3 is 5.97 Å². The van der Waals surface area contributed by atoms with Crippen molar-refractivity contribution >= 4 is 5.97 Å². The van der Waals surface area contributed by atoms with Crippen LogP contribution in [0.15, 0.2) is 30.3 Å². The third kappa shape index (κ3) is 3.53. The fourth-order valence-corrected chi connectivity index (χ4v) is 4.46. The highest BCUT2D eigenvalue weighted by molar-refractivity contribution is 5.87. The fraction of sp³-hybridized carbons (Fsp3) is 0.636. The lowest BCUT2D eigenvalue weighted by Gasteiger charge is -2.36. The monoisotopic (exact) mass is 431 g/mol. The van der Waals surface area contributed by atoms with Gasteiger partial charge in [-0.3, -0.25) is 0 Å². The second kappa shape index (κ2) is 6.97. The molecular formula is C22H25NO8. The molecule has 0 bridgehead atoms. The number of hydrogen-bond donors (Lipinski definition) is 0. The molecule has 4 aliphatic rings. The third-order valence-electron chi connectivity index (χ3n) is 5.82. The van der Waals surface area contributed by atoms with Crippen LogP contribution < -0.4 is 0 Å². The molecule has 0 amide bonds. The number of hydrogen-bond acceptors (Lipinski definition) is 9. The van der Waals surface area contributed by atoms with Gasteiger partial charge in [-0.1, -0.05) is 30.3 Å². The van der Waals surface area contributed by atoms with Crippen LogP contribution in [0.1, 0.15) is 39.4 Å². The Morgan fingerprint density at radius 2 is 1.61 bits per heavy atom. The molecule has 1 aromatic rings. The molecule has 0 aromatic heterocycles. The van der Waals surface area contributed by atoms with E-state index in [4.69, 9.17) is 33.2 Å². The number of carbonyl (C=O) groups excluding carboxylic acids is 1. The zero-order valence-corrected chi connectivity index (χ0v) is 17.8. The maximum Gasteiger partial charge on any atom is 0.356 e. The summed E-state index contributed by atoms with van der Waals surface area (Å²) in [7, 11) is 0. The number of fused-ring (bicyclic) bond motifs is 3.